The number of ketones is 1. The lowest BCUT2D eigenvalue weighted by Crippen LogP contribution is -2.31. The van der Waals surface area contributed by atoms with Crippen molar-refractivity contribution in [3.05, 3.63) is 58.9 Å². The number of hydrogen-bond acceptors (Lipinski definition) is 3. The van der Waals surface area contributed by atoms with Gasteiger partial charge in [-0.2, -0.15) is 0 Å². The zero-order valence-electron chi connectivity index (χ0n) is 12.7. The SMILES string of the molecule is CC(=O)c1ccc(NC(=O)[C@@H](C)Nc2ccc(F)c(Cl)c2)cc1. The molecular weight excluding hydrogens is 319 g/mol. The molecule has 0 aliphatic heterocycles. The van der Waals surface area contributed by atoms with E-state index in [1.807, 2.05) is 0 Å². The maximum Gasteiger partial charge on any atom is 0.246 e. The molecule has 120 valence electrons. The van der Waals surface area contributed by atoms with Crippen LogP contribution >= 0.6 is 11.6 Å². The molecule has 0 bridgehead atoms. The number of halogens is 2. The van der Waals surface area contributed by atoms with E-state index in [9.17, 15) is 14.0 Å². The van der Waals surface area contributed by atoms with Crippen LogP contribution in [0.25, 0.3) is 0 Å². The highest BCUT2D eigenvalue weighted by atomic mass is 35.5. The van der Waals surface area contributed by atoms with Crippen molar-refractivity contribution >= 4 is 34.7 Å². The Morgan fingerprint density at radius 1 is 1.09 bits per heavy atom. The van der Waals surface area contributed by atoms with Crippen molar-refractivity contribution in [2.75, 3.05) is 10.6 Å². The quantitative estimate of drug-likeness (QED) is 0.809. The van der Waals surface area contributed by atoms with Gasteiger partial charge in [0, 0.05) is 16.9 Å². The van der Waals surface area contributed by atoms with Gasteiger partial charge in [-0.1, -0.05) is 11.6 Å². The van der Waals surface area contributed by atoms with E-state index in [-0.39, 0.29) is 16.7 Å². The second-order valence-electron chi connectivity index (χ2n) is 5.12. The second kappa shape index (κ2) is 7.24. The van der Waals surface area contributed by atoms with E-state index < -0.39 is 11.9 Å². The summed E-state index contributed by atoms with van der Waals surface area (Å²) in [6.45, 7) is 3.16. The van der Waals surface area contributed by atoms with Crippen LogP contribution in [0, 0.1) is 5.82 Å². The fourth-order valence-electron chi connectivity index (χ4n) is 1.94. The smallest absolute Gasteiger partial charge is 0.246 e. The van der Waals surface area contributed by atoms with E-state index in [1.54, 1.807) is 31.2 Å². The number of carbonyl (C=O) groups excluding carboxylic acids is 2. The van der Waals surface area contributed by atoms with Crippen molar-refractivity contribution in [3.8, 4) is 0 Å². The lowest BCUT2D eigenvalue weighted by Gasteiger charge is -2.15. The Kier molecular flexibility index (Phi) is 5.34. The van der Waals surface area contributed by atoms with Crippen molar-refractivity contribution in [1.29, 1.82) is 0 Å². The summed E-state index contributed by atoms with van der Waals surface area (Å²) >= 11 is 5.70. The maximum absolute atomic E-state index is 13.1. The van der Waals surface area contributed by atoms with E-state index in [0.717, 1.165) is 0 Å². The molecule has 2 N–H and O–H groups in total. The van der Waals surface area contributed by atoms with E-state index in [4.69, 9.17) is 11.6 Å². The summed E-state index contributed by atoms with van der Waals surface area (Å²) in [5.74, 6) is -0.813. The Morgan fingerprint density at radius 2 is 1.70 bits per heavy atom. The number of anilines is 2. The molecule has 0 aliphatic rings. The molecule has 0 radical (unpaired) electrons. The number of nitrogens with one attached hydrogen (secondary N) is 2. The third-order valence-corrected chi connectivity index (χ3v) is 3.54. The van der Waals surface area contributed by atoms with Crippen LogP contribution in [0.15, 0.2) is 42.5 Å². The molecule has 0 saturated heterocycles. The van der Waals surface area contributed by atoms with Crippen LogP contribution in [0.2, 0.25) is 5.02 Å². The Labute approximate surface area is 138 Å². The van der Waals surface area contributed by atoms with Crippen LogP contribution in [-0.2, 0) is 4.79 Å². The van der Waals surface area contributed by atoms with Gasteiger partial charge in [0.2, 0.25) is 5.91 Å². The van der Waals surface area contributed by atoms with Crippen molar-refractivity contribution in [2.45, 2.75) is 19.9 Å². The number of benzene rings is 2. The molecule has 1 atom stereocenters. The molecule has 0 aliphatic carbocycles. The number of amides is 1. The van der Waals surface area contributed by atoms with Gasteiger partial charge in [-0.15, -0.1) is 0 Å². The fourth-order valence-corrected chi connectivity index (χ4v) is 2.12. The van der Waals surface area contributed by atoms with E-state index >= 15 is 0 Å². The summed E-state index contributed by atoms with van der Waals surface area (Å²) in [4.78, 5) is 23.3. The molecule has 0 fully saturated rings. The minimum atomic E-state index is -0.552. The van der Waals surface area contributed by atoms with Crippen molar-refractivity contribution in [1.82, 2.24) is 0 Å². The van der Waals surface area contributed by atoms with Gasteiger partial charge in [0.15, 0.2) is 5.78 Å². The van der Waals surface area contributed by atoms with Gasteiger partial charge in [0.25, 0.3) is 0 Å². The molecule has 0 heterocycles. The summed E-state index contributed by atoms with van der Waals surface area (Å²) < 4.78 is 13.1. The molecule has 4 nitrogen and oxygen atoms in total. The van der Waals surface area contributed by atoms with E-state index in [0.29, 0.717) is 16.9 Å². The average Bonchev–Trinajstić information content (AvgIpc) is 2.51. The van der Waals surface area contributed by atoms with Crippen molar-refractivity contribution in [3.63, 3.8) is 0 Å². The summed E-state index contributed by atoms with van der Waals surface area (Å²) in [6.07, 6.45) is 0. The zero-order chi connectivity index (χ0) is 17.0. The monoisotopic (exact) mass is 334 g/mol. The summed E-state index contributed by atoms with van der Waals surface area (Å²) in [6, 6.07) is 10.2. The van der Waals surface area contributed by atoms with Crippen molar-refractivity contribution in [2.24, 2.45) is 0 Å². The van der Waals surface area contributed by atoms with Gasteiger partial charge in [-0.3, -0.25) is 9.59 Å². The second-order valence-corrected chi connectivity index (χ2v) is 5.52. The molecule has 0 aromatic heterocycles. The number of hydrogen-bond donors (Lipinski definition) is 2. The van der Waals surface area contributed by atoms with Gasteiger partial charge in [-0.25, -0.2) is 4.39 Å². The predicted octanol–water partition coefficient (Wildman–Crippen LogP) is 4.12. The third-order valence-electron chi connectivity index (χ3n) is 3.26. The highest BCUT2D eigenvalue weighted by Gasteiger charge is 2.13. The first-order valence-corrected chi connectivity index (χ1v) is 7.38. The number of carbonyl (C=O) groups is 2. The van der Waals surface area contributed by atoms with Crippen LogP contribution in [0.4, 0.5) is 15.8 Å². The maximum atomic E-state index is 13.1. The average molecular weight is 335 g/mol. The lowest BCUT2D eigenvalue weighted by atomic mass is 10.1. The van der Waals surface area contributed by atoms with Crippen LogP contribution < -0.4 is 10.6 Å². The Hall–Kier alpha value is -2.40. The summed E-state index contributed by atoms with van der Waals surface area (Å²) in [5, 5.41) is 5.66. The first-order valence-electron chi connectivity index (χ1n) is 7.00. The lowest BCUT2D eigenvalue weighted by molar-refractivity contribution is -0.116. The van der Waals surface area contributed by atoms with Gasteiger partial charge >= 0.3 is 0 Å². The predicted molar refractivity (Wildman–Crippen MR) is 89.6 cm³/mol. The topological polar surface area (TPSA) is 58.2 Å². The highest BCUT2D eigenvalue weighted by Crippen LogP contribution is 2.20. The van der Waals surface area contributed by atoms with Gasteiger partial charge < -0.3 is 10.6 Å². The minimum Gasteiger partial charge on any atom is -0.374 e. The Balaban J connectivity index is 1.99. The largest absolute Gasteiger partial charge is 0.374 e. The zero-order valence-corrected chi connectivity index (χ0v) is 13.4. The van der Waals surface area contributed by atoms with Gasteiger partial charge in [0.05, 0.1) is 5.02 Å². The molecule has 0 spiro atoms. The number of rotatable bonds is 5. The number of Topliss-reactive ketones (excluding diaryl/α,β-unsaturated/α-hetero) is 1. The summed E-state index contributed by atoms with van der Waals surface area (Å²) in [7, 11) is 0. The van der Waals surface area contributed by atoms with E-state index in [2.05, 4.69) is 10.6 Å². The van der Waals surface area contributed by atoms with Crippen LogP contribution in [0.5, 0.6) is 0 Å². The highest BCUT2D eigenvalue weighted by molar-refractivity contribution is 6.31. The van der Waals surface area contributed by atoms with Crippen LogP contribution in [-0.4, -0.2) is 17.7 Å². The molecule has 2 rings (SSSR count). The molecular formula is C17H16ClFN2O2. The normalized spacial score (nSPS) is 11.7. The molecule has 2 aromatic carbocycles. The first kappa shape index (κ1) is 17.0. The Morgan fingerprint density at radius 3 is 2.26 bits per heavy atom. The molecule has 0 unspecified atom stereocenters. The van der Waals surface area contributed by atoms with Crippen molar-refractivity contribution < 1.29 is 14.0 Å². The molecule has 6 heteroatoms. The first-order chi connectivity index (χ1) is 10.9. The molecule has 23 heavy (non-hydrogen) atoms. The molecule has 0 saturated carbocycles. The van der Waals surface area contributed by atoms with Crippen LogP contribution in [0.3, 0.4) is 0 Å². The van der Waals surface area contributed by atoms with Gasteiger partial charge in [0.1, 0.15) is 11.9 Å². The van der Waals surface area contributed by atoms with Gasteiger partial charge in [-0.05, 0) is 56.3 Å². The molecule has 2 aromatic rings. The minimum absolute atomic E-state index is 0.0116. The Bertz CT molecular complexity index is 732. The standard InChI is InChI=1S/C17H16ClFN2O2/c1-10(20-14-7-8-16(19)15(18)9-14)17(23)21-13-5-3-12(4-6-13)11(2)22/h3-10,20H,1-2H3,(H,21,23)/t10-/m1/s1. The van der Waals surface area contributed by atoms with E-state index in [1.165, 1.54) is 25.1 Å². The molecule has 1 amide bonds. The third kappa shape index (κ3) is 4.53. The summed E-state index contributed by atoms with van der Waals surface area (Å²) in [5.41, 5.74) is 1.71. The van der Waals surface area contributed by atoms with Crippen LogP contribution in [0.1, 0.15) is 24.2 Å². The fraction of sp³-hybridized carbons (Fsp3) is 0.176.